The van der Waals surface area contributed by atoms with Gasteiger partial charge in [0.15, 0.2) is 0 Å². The minimum Gasteiger partial charge on any atom is -0.377 e. The van der Waals surface area contributed by atoms with Crippen molar-refractivity contribution in [2.45, 2.75) is 47.6 Å². The van der Waals surface area contributed by atoms with E-state index in [4.69, 9.17) is 4.74 Å². The van der Waals surface area contributed by atoms with Gasteiger partial charge in [-0.25, -0.2) is 26.3 Å². The first-order chi connectivity index (χ1) is 14.4. The SMILES string of the molecule is O=S(=O)(NCC1CCCO1)c1ccc(S(=O)(=O)NC(c2ccccn2)C2CC2)cc1. The molecule has 8 nitrogen and oxygen atoms in total. The van der Waals surface area contributed by atoms with Gasteiger partial charge in [0.05, 0.1) is 27.6 Å². The second-order valence-corrected chi connectivity index (χ2v) is 11.1. The number of sulfonamides is 2. The van der Waals surface area contributed by atoms with Gasteiger partial charge in [-0.2, -0.15) is 0 Å². The van der Waals surface area contributed by atoms with Crippen LogP contribution in [0.3, 0.4) is 0 Å². The van der Waals surface area contributed by atoms with Gasteiger partial charge in [0.2, 0.25) is 20.0 Å². The summed E-state index contributed by atoms with van der Waals surface area (Å²) in [5.41, 5.74) is 0.682. The van der Waals surface area contributed by atoms with E-state index in [2.05, 4.69) is 14.4 Å². The molecule has 1 aromatic heterocycles. The lowest BCUT2D eigenvalue weighted by molar-refractivity contribution is 0.114. The summed E-state index contributed by atoms with van der Waals surface area (Å²) in [6.07, 6.45) is 5.15. The average molecular weight is 452 g/mol. The van der Waals surface area contributed by atoms with Gasteiger partial charge in [-0.3, -0.25) is 4.98 Å². The predicted molar refractivity (Wildman–Crippen MR) is 111 cm³/mol. The van der Waals surface area contributed by atoms with Gasteiger partial charge in [0.25, 0.3) is 0 Å². The van der Waals surface area contributed by atoms with Gasteiger partial charge in [-0.1, -0.05) is 6.07 Å². The van der Waals surface area contributed by atoms with Gasteiger partial charge in [-0.05, 0) is 68.0 Å². The van der Waals surface area contributed by atoms with Crippen LogP contribution in [0.4, 0.5) is 0 Å². The number of pyridine rings is 1. The highest BCUT2D eigenvalue weighted by atomic mass is 32.2. The molecule has 1 saturated heterocycles. The van der Waals surface area contributed by atoms with Crippen LogP contribution in [0.25, 0.3) is 0 Å². The zero-order valence-electron chi connectivity index (χ0n) is 16.4. The Morgan fingerprint density at radius 1 is 0.967 bits per heavy atom. The van der Waals surface area contributed by atoms with Gasteiger partial charge < -0.3 is 4.74 Å². The Balaban J connectivity index is 1.47. The Morgan fingerprint density at radius 3 is 2.23 bits per heavy atom. The Morgan fingerprint density at radius 2 is 1.67 bits per heavy atom. The number of aromatic nitrogens is 1. The summed E-state index contributed by atoms with van der Waals surface area (Å²) < 4.78 is 61.4. The van der Waals surface area contributed by atoms with Gasteiger partial charge in [-0.15, -0.1) is 0 Å². The highest BCUT2D eigenvalue weighted by Gasteiger charge is 2.36. The van der Waals surface area contributed by atoms with E-state index in [1.807, 2.05) is 6.07 Å². The number of ether oxygens (including phenoxy) is 1. The van der Waals surface area contributed by atoms with Crippen LogP contribution >= 0.6 is 0 Å². The Bertz CT molecular complexity index is 1060. The molecular weight excluding hydrogens is 426 g/mol. The van der Waals surface area contributed by atoms with E-state index in [0.29, 0.717) is 12.3 Å². The monoisotopic (exact) mass is 451 g/mol. The molecule has 0 spiro atoms. The molecule has 162 valence electrons. The molecular formula is C20H25N3O5S2. The zero-order valence-corrected chi connectivity index (χ0v) is 18.0. The molecule has 0 radical (unpaired) electrons. The first-order valence-electron chi connectivity index (χ1n) is 10.00. The van der Waals surface area contributed by atoms with E-state index >= 15 is 0 Å². The fraction of sp³-hybridized carbons (Fsp3) is 0.450. The molecule has 1 aromatic carbocycles. The molecule has 2 fully saturated rings. The van der Waals surface area contributed by atoms with Crippen molar-refractivity contribution in [3.05, 3.63) is 54.4 Å². The molecule has 2 atom stereocenters. The Labute approximate surface area is 177 Å². The van der Waals surface area contributed by atoms with Crippen LogP contribution in [0.2, 0.25) is 0 Å². The zero-order chi connectivity index (χ0) is 21.2. The van der Waals surface area contributed by atoms with E-state index in [1.165, 1.54) is 24.3 Å². The maximum atomic E-state index is 12.9. The predicted octanol–water partition coefficient (Wildman–Crippen LogP) is 1.97. The fourth-order valence-corrected chi connectivity index (χ4v) is 5.86. The maximum absolute atomic E-state index is 12.9. The third-order valence-electron chi connectivity index (χ3n) is 5.35. The second-order valence-electron chi connectivity index (χ2n) is 7.65. The molecule has 2 aromatic rings. The molecule has 0 amide bonds. The van der Waals surface area contributed by atoms with Gasteiger partial charge in [0.1, 0.15) is 0 Å². The van der Waals surface area contributed by atoms with Gasteiger partial charge in [0, 0.05) is 19.3 Å². The number of hydrogen-bond donors (Lipinski definition) is 2. The van der Waals surface area contributed by atoms with Crippen molar-refractivity contribution in [3.63, 3.8) is 0 Å². The minimum atomic E-state index is -3.83. The first-order valence-corrected chi connectivity index (χ1v) is 13.0. The van der Waals surface area contributed by atoms with E-state index in [0.717, 1.165) is 25.7 Å². The lowest BCUT2D eigenvalue weighted by atomic mass is 10.1. The number of benzene rings is 1. The minimum absolute atomic E-state index is 0.0159. The fourth-order valence-electron chi connectivity index (χ4n) is 3.51. The Hall–Kier alpha value is -1.85. The third-order valence-corrected chi connectivity index (χ3v) is 8.25. The summed E-state index contributed by atoms with van der Waals surface area (Å²) in [7, 11) is -7.56. The smallest absolute Gasteiger partial charge is 0.241 e. The van der Waals surface area contributed by atoms with Crippen molar-refractivity contribution in [1.29, 1.82) is 0 Å². The normalized spacial score (nSPS) is 20.9. The average Bonchev–Trinajstić information content (AvgIpc) is 3.46. The van der Waals surface area contributed by atoms with E-state index < -0.39 is 26.1 Å². The lowest BCUT2D eigenvalue weighted by Crippen LogP contribution is -2.32. The van der Waals surface area contributed by atoms with Crippen LogP contribution in [0.1, 0.15) is 37.4 Å². The molecule has 1 saturated carbocycles. The summed E-state index contributed by atoms with van der Waals surface area (Å²) in [4.78, 5) is 4.33. The molecule has 2 unspecified atom stereocenters. The molecule has 30 heavy (non-hydrogen) atoms. The Kier molecular flexibility index (Phi) is 6.21. The summed E-state index contributed by atoms with van der Waals surface area (Å²) in [6.45, 7) is 0.851. The van der Waals surface area contributed by atoms with Crippen molar-refractivity contribution >= 4 is 20.0 Å². The summed E-state index contributed by atoms with van der Waals surface area (Å²) >= 11 is 0. The molecule has 2 N–H and O–H groups in total. The first kappa shape index (κ1) is 21.4. The molecule has 10 heteroatoms. The molecule has 0 bridgehead atoms. The van der Waals surface area contributed by atoms with Crippen LogP contribution in [-0.4, -0.2) is 41.1 Å². The topological polar surface area (TPSA) is 114 Å². The summed E-state index contributed by atoms with van der Waals surface area (Å²) in [5, 5.41) is 0. The van der Waals surface area contributed by atoms with E-state index in [1.54, 1.807) is 18.3 Å². The van der Waals surface area contributed by atoms with Crippen LogP contribution in [0.15, 0.2) is 58.5 Å². The summed E-state index contributed by atoms with van der Waals surface area (Å²) in [6, 6.07) is 10.3. The summed E-state index contributed by atoms with van der Waals surface area (Å²) in [5.74, 6) is 0.219. The van der Waals surface area contributed by atoms with Crippen LogP contribution in [0, 0.1) is 5.92 Å². The number of nitrogens with zero attached hydrogens (tertiary/aromatic N) is 1. The second kappa shape index (κ2) is 8.72. The lowest BCUT2D eigenvalue weighted by Gasteiger charge is -2.18. The van der Waals surface area contributed by atoms with Gasteiger partial charge >= 0.3 is 0 Å². The largest absolute Gasteiger partial charge is 0.377 e. The van der Waals surface area contributed by atoms with Crippen LogP contribution in [0.5, 0.6) is 0 Å². The number of hydrogen-bond acceptors (Lipinski definition) is 6. The molecule has 2 heterocycles. The standard InChI is InChI=1S/C20H25N3O5S2/c24-29(25,22-14-16-4-3-13-28-16)17-8-10-18(11-9-17)30(26,27)23-20(15-6-7-15)19-5-1-2-12-21-19/h1-2,5,8-12,15-16,20,22-23H,3-4,6-7,13-14H2. The van der Waals surface area contributed by atoms with Crippen molar-refractivity contribution in [1.82, 2.24) is 14.4 Å². The third kappa shape index (κ3) is 5.06. The van der Waals surface area contributed by atoms with E-state index in [-0.39, 0.29) is 28.4 Å². The highest BCUT2D eigenvalue weighted by Crippen LogP contribution is 2.41. The highest BCUT2D eigenvalue weighted by molar-refractivity contribution is 7.90. The van der Waals surface area contributed by atoms with Crippen molar-refractivity contribution in [3.8, 4) is 0 Å². The van der Waals surface area contributed by atoms with E-state index in [9.17, 15) is 16.8 Å². The number of rotatable bonds is 9. The molecule has 1 aliphatic heterocycles. The molecule has 1 aliphatic carbocycles. The number of nitrogens with one attached hydrogen (secondary N) is 2. The molecule has 4 rings (SSSR count). The quantitative estimate of drug-likeness (QED) is 0.602. The van der Waals surface area contributed by atoms with Crippen LogP contribution < -0.4 is 9.44 Å². The van der Waals surface area contributed by atoms with Crippen molar-refractivity contribution < 1.29 is 21.6 Å². The van der Waals surface area contributed by atoms with Crippen molar-refractivity contribution in [2.75, 3.05) is 13.2 Å². The van der Waals surface area contributed by atoms with Crippen LogP contribution in [-0.2, 0) is 24.8 Å². The van der Waals surface area contributed by atoms with Crippen molar-refractivity contribution in [2.24, 2.45) is 5.92 Å². The molecule has 2 aliphatic rings. The maximum Gasteiger partial charge on any atom is 0.241 e.